The van der Waals surface area contributed by atoms with E-state index in [1.807, 2.05) is 0 Å². The molecule has 1 aromatic rings. The number of sulfonamides is 1. The molecule has 2 amide bonds. The van der Waals surface area contributed by atoms with Gasteiger partial charge in [0.15, 0.2) is 0 Å². The Balaban J connectivity index is 2.01. The SMILES string of the molecule is CCN1CCC(NC(=O)Nc2cccc(S(=O)(=O)NC)c2C)CC1. The summed E-state index contributed by atoms with van der Waals surface area (Å²) in [5.41, 5.74) is 1.01. The average molecular weight is 354 g/mol. The smallest absolute Gasteiger partial charge is 0.319 e. The predicted molar refractivity (Wildman–Crippen MR) is 94.7 cm³/mol. The number of carbonyl (C=O) groups is 1. The number of anilines is 1. The van der Waals surface area contributed by atoms with E-state index in [2.05, 4.69) is 27.2 Å². The summed E-state index contributed by atoms with van der Waals surface area (Å²) in [4.78, 5) is 14.7. The standard InChI is InChI=1S/C16H26N4O3S/c1-4-20-10-8-13(9-11-20)18-16(21)19-14-6-5-7-15(12(14)2)24(22,23)17-3/h5-7,13,17H,4,8-11H2,1-3H3,(H2,18,19,21). The highest BCUT2D eigenvalue weighted by Crippen LogP contribution is 2.22. The molecule has 1 aliphatic rings. The van der Waals surface area contributed by atoms with Crippen LogP contribution in [0, 0.1) is 6.92 Å². The van der Waals surface area contributed by atoms with E-state index in [0.717, 1.165) is 32.5 Å². The molecule has 1 fully saturated rings. The van der Waals surface area contributed by atoms with Crippen molar-refractivity contribution < 1.29 is 13.2 Å². The van der Waals surface area contributed by atoms with Crippen LogP contribution < -0.4 is 15.4 Å². The van der Waals surface area contributed by atoms with E-state index in [1.165, 1.54) is 13.1 Å². The second-order valence-electron chi connectivity index (χ2n) is 5.94. The lowest BCUT2D eigenvalue weighted by Crippen LogP contribution is -2.45. The number of carbonyl (C=O) groups excluding carboxylic acids is 1. The number of nitrogens with zero attached hydrogens (tertiary/aromatic N) is 1. The molecule has 3 N–H and O–H groups in total. The molecule has 1 saturated heterocycles. The van der Waals surface area contributed by atoms with Crippen LogP contribution in [0.5, 0.6) is 0 Å². The van der Waals surface area contributed by atoms with Crippen LogP contribution in [0.4, 0.5) is 10.5 Å². The van der Waals surface area contributed by atoms with E-state index in [0.29, 0.717) is 11.3 Å². The lowest BCUT2D eigenvalue weighted by Gasteiger charge is -2.31. The molecule has 2 rings (SSSR count). The van der Waals surface area contributed by atoms with Gasteiger partial charge in [-0.3, -0.25) is 0 Å². The summed E-state index contributed by atoms with van der Waals surface area (Å²) in [7, 11) is -2.19. The zero-order valence-electron chi connectivity index (χ0n) is 14.4. The van der Waals surface area contributed by atoms with Crippen molar-refractivity contribution in [3.8, 4) is 0 Å². The highest BCUT2D eigenvalue weighted by atomic mass is 32.2. The molecule has 1 aliphatic heterocycles. The summed E-state index contributed by atoms with van der Waals surface area (Å²) >= 11 is 0. The van der Waals surface area contributed by atoms with Crippen molar-refractivity contribution in [3.05, 3.63) is 23.8 Å². The number of piperidine rings is 1. The maximum Gasteiger partial charge on any atom is 0.319 e. The molecule has 0 bridgehead atoms. The molecule has 24 heavy (non-hydrogen) atoms. The van der Waals surface area contributed by atoms with Gasteiger partial charge in [0, 0.05) is 24.8 Å². The van der Waals surface area contributed by atoms with Gasteiger partial charge in [-0.1, -0.05) is 13.0 Å². The molecule has 0 saturated carbocycles. The largest absolute Gasteiger partial charge is 0.335 e. The lowest BCUT2D eigenvalue weighted by molar-refractivity contribution is 0.203. The molecule has 0 spiro atoms. The van der Waals surface area contributed by atoms with Gasteiger partial charge < -0.3 is 15.5 Å². The van der Waals surface area contributed by atoms with E-state index >= 15 is 0 Å². The summed E-state index contributed by atoms with van der Waals surface area (Å²) in [6, 6.07) is 4.69. The van der Waals surface area contributed by atoms with E-state index in [1.54, 1.807) is 19.1 Å². The van der Waals surface area contributed by atoms with Crippen molar-refractivity contribution in [1.29, 1.82) is 0 Å². The Bertz CT molecular complexity index is 683. The van der Waals surface area contributed by atoms with Crippen molar-refractivity contribution in [2.75, 3.05) is 32.0 Å². The maximum atomic E-state index is 12.2. The second-order valence-corrected chi connectivity index (χ2v) is 7.80. The summed E-state index contributed by atoms with van der Waals surface area (Å²) in [6.07, 6.45) is 1.85. The van der Waals surface area contributed by atoms with Gasteiger partial charge >= 0.3 is 6.03 Å². The highest BCUT2D eigenvalue weighted by molar-refractivity contribution is 7.89. The molecule has 0 radical (unpaired) electrons. The van der Waals surface area contributed by atoms with Crippen LogP contribution in [0.25, 0.3) is 0 Å². The van der Waals surface area contributed by atoms with Gasteiger partial charge in [-0.2, -0.15) is 0 Å². The monoisotopic (exact) mass is 354 g/mol. The minimum atomic E-state index is -3.55. The highest BCUT2D eigenvalue weighted by Gasteiger charge is 2.21. The van der Waals surface area contributed by atoms with Crippen molar-refractivity contribution in [1.82, 2.24) is 14.9 Å². The summed E-state index contributed by atoms with van der Waals surface area (Å²) in [5, 5.41) is 5.73. The third-order valence-corrected chi connectivity index (χ3v) is 6.02. The first-order chi connectivity index (χ1) is 11.4. The topological polar surface area (TPSA) is 90.5 Å². The van der Waals surface area contributed by atoms with E-state index in [4.69, 9.17) is 0 Å². The van der Waals surface area contributed by atoms with Gasteiger partial charge in [0.25, 0.3) is 0 Å². The first-order valence-corrected chi connectivity index (χ1v) is 9.68. The van der Waals surface area contributed by atoms with E-state index in [9.17, 15) is 13.2 Å². The zero-order chi connectivity index (χ0) is 17.7. The summed E-state index contributed by atoms with van der Waals surface area (Å²) in [5.74, 6) is 0. The Morgan fingerprint density at radius 3 is 2.54 bits per heavy atom. The number of hydrogen-bond donors (Lipinski definition) is 3. The quantitative estimate of drug-likeness (QED) is 0.747. The summed E-state index contributed by atoms with van der Waals surface area (Å²) in [6.45, 7) is 6.81. The Labute approximate surface area is 143 Å². The third-order valence-electron chi connectivity index (χ3n) is 4.46. The minimum absolute atomic E-state index is 0.150. The van der Waals surface area contributed by atoms with Gasteiger partial charge in [0.1, 0.15) is 0 Å². The molecule has 7 nitrogen and oxygen atoms in total. The third kappa shape index (κ3) is 4.46. The molecule has 0 atom stereocenters. The van der Waals surface area contributed by atoms with Crippen LogP contribution in [-0.2, 0) is 10.0 Å². The Kier molecular flexibility index (Phi) is 6.20. The molecule has 0 aromatic heterocycles. The normalized spacial score (nSPS) is 16.8. The molecule has 8 heteroatoms. The maximum absolute atomic E-state index is 12.2. The van der Waals surface area contributed by atoms with Crippen LogP contribution in [-0.4, -0.2) is 52.1 Å². The molecule has 0 unspecified atom stereocenters. The van der Waals surface area contributed by atoms with Gasteiger partial charge in [0.2, 0.25) is 10.0 Å². The number of amides is 2. The molecular weight excluding hydrogens is 328 g/mol. The van der Waals surface area contributed by atoms with Gasteiger partial charge in [-0.25, -0.2) is 17.9 Å². The first kappa shape index (κ1) is 18.7. The number of benzene rings is 1. The van der Waals surface area contributed by atoms with E-state index in [-0.39, 0.29) is 17.0 Å². The fourth-order valence-electron chi connectivity index (χ4n) is 2.89. The Morgan fingerprint density at radius 2 is 1.96 bits per heavy atom. The fraction of sp³-hybridized carbons (Fsp3) is 0.562. The van der Waals surface area contributed by atoms with Crippen molar-refractivity contribution in [2.24, 2.45) is 0 Å². The second kappa shape index (κ2) is 7.96. The van der Waals surface area contributed by atoms with Crippen molar-refractivity contribution in [2.45, 2.75) is 37.6 Å². The predicted octanol–water partition coefficient (Wildman–Crippen LogP) is 1.51. The summed E-state index contributed by atoms with van der Waals surface area (Å²) < 4.78 is 26.3. The molecule has 134 valence electrons. The molecular formula is C16H26N4O3S. The van der Waals surface area contributed by atoms with Crippen molar-refractivity contribution >= 4 is 21.7 Å². The van der Waals surface area contributed by atoms with Gasteiger partial charge in [-0.05, 0) is 51.1 Å². The number of nitrogens with one attached hydrogen (secondary N) is 3. The molecule has 1 aromatic carbocycles. The van der Waals surface area contributed by atoms with Gasteiger partial charge in [0.05, 0.1) is 4.90 Å². The van der Waals surface area contributed by atoms with E-state index < -0.39 is 10.0 Å². The molecule has 1 heterocycles. The average Bonchev–Trinajstić information content (AvgIpc) is 2.57. The van der Waals surface area contributed by atoms with Crippen LogP contribution >= 0.6 is 0 Å². The minimum Gasteiger partial charge on any atom is -0.335 e. The first-order valence-electron chi connectivity index (χ1n) is 8.20. The number of hydrogen-bond acceptors (Lipinski definition) is 4. The van der Waals surface area contributed by atoms with Crippen LogP contribution in [0.2, 0.25) is 0 Å². The van der Waals surface area contributed by atoms with Crippen molar-refractivity contribution in [3.63, 3.8) is 0 Å². The van der Waals surface area contributed by atoms with Crippen LogP contribution in [0.3, 0.4) is 0 Å². The number of rotatable bonds is 5. The molecule has 0 aliphatic carbocycles. The van der Waals surface area contributed by atoms with Crippen LogP contribution in [0.1, 0.15) is 25.3 Å². The van der Waals surface area contributed by atoms with Crippen LogP contribution in [0.15, 0.2) is 23.1 Å². The Morgan fingerprint density at radius 1 is 1.29 bits per heavy atom. The zero-order valence-corrected chi connectivity index (χ0v) is 15.2. The number of likely N-dealkylation sites (tertiary alicyclic amines) is 1. The fourth-order valence-corrected chi connectivity index (χ4v) is 3.88. The Hall–Kier alpha value is -1.64. The lowest BCUT2D eigenvalue weighted by atomic mass is 10.1. The number of urea groups is 1. The van der Waals surface area contributed by atoms with Gasteiger partial charge in [-0.15, -0.1) is 0 Å².